The maximum Gasteiger partial charge on any atom is 0.254 e. The normalized spacial score (nSPS) is 10.5. The number of ether oxygens (including phenoxy) is 1. The standard InChI is InChI=1S/C12H13N3O3S/c1-15(9-5-3-4-6-10(9)18-2)12(16)7-11(14-17)13-8-19/h3-8H,1-2H3,(H,13,19)/b11-7+. The van der Waals surface area contributed by atoms with Crippen LogP contribution < -0.4 is 15.0 Å². The smallest absolute Gasteiger partial charge is 0.254 e. The van der Waals surface area contributed by atoms with Gasteiger partial charge < -0.3 is 15.0 Å². The van der Waals surface area contributed by atoms with E-state index >= 15 is 0 Å². The van der Waals surface area contributed by atoms with Crippen LogP contribution in [0.5, 0.6) is 5.75 Å². The SMILES string of the molecule is COc1ccccc1N(C)C(=O)/C=C(/N=O)NC=S. The van der Waals surface area contributed by atoms with E-state index in [4.69, 9.17) is 4.74 Å². The molecule has 1 rings (SSSR count). The molecule has 7 heteroatoms. The third-order valence-electron chi connectivity index (χ3n) is 2.34. The Hall–Kier alpha value is -2.28. The molecule has 0 radical (unpaired) electrons. The van der Waals surface area contributed by atoms with Crippen molar-refractivity contribution in [2.45, 2.75) is 0 Å². The molecule has 0 saturated heterocycles. The molecule has 1 amide bonds. The number of nitrogens with zero attached hydrogens (tertiary/aromatic N) is 2. The van der Waals surface area contributed by atoms with Gasteiger partial charge in [-0.15, -0.1) is 4.91 Å². The van der Waals surface area contributed by atoms with Crippen LogP contribution in [0.2, 0.25) is 0 Å². The molecule has 1 N–H and O–H groups in total. The van der Waals surface area contributed by atoms with E-state index in [0.29, 0.717) is 11.4 Å². The van der Waals surface area contributed by atoms with Gasteiger partial charge in [0.1, 0.15) is 5.75 Å². The minimum absolute atomic E-state index is 0.151. The van der Waals surface area contributed by atoms with Crippen LogP contribution in [0.1, 0.15) is 0 Å². The molecule has 1 aromatic carbocycles. The van der Waals surface area contributed by atoms with E-state index in [1.54, 1.807) is 31.3 Å². The second kappa shape index (κ2) is 7.22. The highest BCUT2D eigenvalue weighted by molar-refractivity contribution is 7.78. The number of rotatable bonds is 6. The predicted molar refractivity (Wildman–Crippen MR) is 77.1 cm³/mol. The van der Waals surface area contributed by atoms with Gasteiger partial charge in [-0.2, -0.15) is 0 Å². The largest absolute Gasteiger partial charge is 0.495 e. The van der Waals surface area contributed by atoms with Crippen LogP contribution in [-0.4, -0.2) is 25.6 Å². The number of benzene rings is 1. The number of nitroso groups, excluding NO2 is 1. The molecule has 19 heavy (non-hydrogen) atoms. The Bertz CT molecular complexity index is 517. The van der Waals surface area contributed by atoms with Crippen molar-refractivity contribution in [1.29, 1.82) is 0 Å². The van der Waals surface area contributed by atoms with Gasteiger partial charge in [0.25, 0.3) is 5.91 Å². The summed E-state index contributed by atoms with van der Waals surface area (Å²) in [6, 6.07) is 7.03. The van der Waals surface area contributed by atoms with E-state index in [1.807, 2.05) is 0 Å². The first kappa shape index (κ1) is 14.8. The lowest BCUT2D eigenvalue weighted by molar-refractivity contribution is -0.114. The first-order valence-electron chi connectivity index (χ1n) is 5.30. The summed E-state index contributed by atoms with van der Waals surface area (Å²) in [7, 11) is 3.08. The van der Waals surface area contributed by atoms with Crippen molar-refractivity contribution in [2.75, 3.05) is 19.1 Å². The third-order valence-corrected chi connectivity index (χ3v) is 2.46. The fraction of sp³-hybridized carbons (Fsp3) is 0.167. The highest BCUT2D eigenvalue weighted by Crippen LogP contribution is 2.26. The molecule has 6 nitrogen and oxygen atoms in total. The molecule has 0 aliphatic carbocycles. The van der Waals surface area contributed by atoms with Crippen molar-refractivity contribution in [3.05, 3.63) is 41.1 Å². The first-order valence-corrected chi connectivity index (χ1v) is 5.77. The van der Waals surface area contributed by atoms with Crippen molar-refractivity contribution >= 4 is 29.3 Å². The van der Waals surface area contributed by atoms with Gasteiger partial charge in [-0.25, -0.2) is 0 Å². The van der Waals surface area contributed by atoms with Crippen LogP contribution >= 0.6 is 12.2 Å². The zero-order valence-corrected chi connectivity index (χ0v) is 11.3. The van der Waals surface area contributed by atoms with Crippen LogP contribution in [0, 0.1) is 4.91 Å². The zero-order chi connectivity index (χ0) is 14.3. The summed E-state index contributed by atoms with van der Waals surface area (Å²) in [5, 5.41) is 5.05. The molecule has 1 aromatic rings. The average molecular weight is 279 g/mol. The zero-order valence-electron chi connectivity index (χ0n) is 10.5. The van der Waals surface area contributed by atoms with Gasteiger partial charge in [0, 0.05) is 13.1 Å². The Morgan fingerprint density at radius 2 is 2.16 bits per heavy atom. The van der Waals surface area contributed by atoms with Gasteiger partial charge in [0.2, 0.25) is 0 Å². The molecule has 0 aliphatic rings. The van der Waals surface area contributed by atoms with Gasteiger partial charge in [-0.05, 0) is 17.3 Å². The van der Waals surface area contributed by atoms with E-state index in [1.165, 1.54) is 12.0 Å². The number of likely N-dealkylation sites (N-methyl/N-ethyl adjacent to an activating group) is 1. The third kappa shape index (κ3) is 3.85. The highest BCUT2D eigenvalue weighted by atomic mass is 32.1. The van der Waals surface area contributed by atoms with Crippen LogP contribution in [0.15, 0.2) is 41.3 Å². The van der Waals surface area contributed by atoms with E-state index < -0.39 is 5.91 Å². The maximum atomic E-state index is 12.0. The number of amides is 1. The summed E-state index contributed by atoms with van der Waals surface area (Å²) < 4.78 is 5.16. The number of thiocarbonyl (C=S) groups is 1. The van der Waals surface area contributed by atoms with E-state index in [0.717, 1.165) is 11.6 Å². The van der Waals surface area contributed by atoms with Crippen LogP contribution in [0.4, 0.5) is 5.69 Å². The lowest BCUT2D eigenvalue weighted by Gasteiger charge is -2.18. The Morgan fingerprint density at radius 1 is 1.47 bits per heavy atom. The van der Waals surface area contributed by atoms with Crippen molar-refractivity contribution in [3.8, 4) is 5.75 Å². The van der Waals surface area contributed by atoms with Crippen molar-refractivity contribution < 1.29 is 9.53 Å². The molecule has 0 saturated carbocycles. The molecule has 0 fully saturated rings. The first-order chi connectivity index (χ1) is 9.13. The van der Waals surface area contributed by atoms with Gasteiger partial charge in [-0.3, -0.25) is 4.79 Å². The van der Waals surface area contributed by atoms with Crippen LogP contribution in [0.25, 0.3) is 0 Å². The number of carbonyl (C=O) groups excluding carboxylic acids is 1. The fourth-order valence-corrected chi connectivity index (χ4v) is 1.51. The lowest BCUT2D eigenvalue weighted by Crippen LogP contribution is -2.26. The Labute approximate surface area is 116 Å². The lowest BCUT2D eigenvalue weighted by atomic mass is 10.2. The summed E-state index contributed by atoms with van der Waals surface area (Å²) in [4.78, 5) is 23.8. The Morgan fingerprint density at radius 3 is 2.74 bits per heavy atom. The van der Waals surface area contributed by atoms with E-state index in [9.17, 15) is 9.70 Å². The fourth-order valence-electron chi connectivity index (χ4n) is 1.39. The minimum atomic E-state index is -0.427. The van der Waals surface area contributed by atoms with Gasteiger partial charge in [-0.1, -0.05) is 24.4 Å². The molecular formula is C12H13N3O3S. The minimum Gasteiger partial charge on any atom is -0.495 e. The van der Waals surface area contributed by atoms with Gasteiger partial charge in [0.05, 0.1) is 18.3 Å². The van der Waals surface area contributed by atoms with Crippen molar-refractivity contribution in [1.82, 2.24) is 5.32 Å². The molecule has 0 aromatic heterocycles. The van der Waals surface area contributed by atoms with E-state index in [2.05, 4.69) is 22.7 Å². The second-order valence-corrected chi connectivity index (χ2v) is 3.69. The molecular weight excluding hydrogens is 266 g/mol. The number of para-hydroxylation sites is 2. The number of anilines is 1. The molecule has 100 valence electrons. The monoisotopic (exact) mass is 279 g/mol. The number of carbonyl (C=O) groups is 1. The molecule has 0 unspecified atom stereocenters. The summed E-state index contributed by atoms with van der Waals surface area (Å²) in [5.74, 6) is -0.0275. The molecule has 0 atom stereocenters. The topological polar surface area (TPSA) is 71.0 Å². The van der Waals surface area contributed by atoms with E-state index in [-0.39, 0.29) is 5.82 Å². The number of hydrogen-bond donors (Lipinski definition) is 1. The van der Waals surface area contributed by atoms with Crippen molar-refractivity contribution in [2.24, 2.45) is 5.18 Å². The quantitative estimate of drug-likeness (QED) is 0.488. The summed E-state index contributed by atoms with van der Waals surface area (Å²) in [6.45, 7) is 0. The Kier molecular flexibility index (Phi) is 5.62. The Balaban J connectivity index is 2.99. The number of hydrogen-bond acceptors (Lipinski definition) is 5. The predicted octanol–water partition coefficient (Wildman–Crippen LogP) is 1.81. The summed E-state index contributed by atoms with van der Waals surface area (Å²) in [5.41, 5.74) is 1.68. The van der Waals surface area contributed by atoms with Crippen LogP contribution in [0.3, 0.4) is 0 Å². The van der Waals surface area contributed by atoms with Crippen molar-refractivity contribution in [3.63, 3.8) is 0 Å². The molecule has 0 spiro atoms. The highest BCUT2D eigenvalue weighted by Gasteiger charge is 2.13. The molecule has 0 heterocycles. The molecule has 0 bridgehead atoms. The second-order valence-electron chi connectivity index (χ2n) is 3.45. The summed E-state index contributed by atoms with van der Waals surface area (Å²) >= 11 is 4.53. The maximum absolute atomic E-state index is 12.0. The summed E-state index contributed by atoms with van der Waals surface area (Å²) in [6.07, 6.45) is 1.06. The van der Waals surface area contributed by atoms with Gasteiger partial charge >= 0.3 is 0 Å². The van der Waals surface area contributed by atoms with Crippen LogP contribution in [-0.2, 0) is 4.79 Å². The average Bonchev–Trinajstić information content (AvgIpc) is 2.45. The number of nitrogens with one attached hydrogen (secondary N) is 1. The van der Waals surface area contributed by atoms with Gasteiger partial charge in [0.15, 0.2) is 5.82 Å². The molecule has 0 aliphatic heterocycles. The number of methoxy groups -OCH3 is 1.